The van der Waals surface area contributed by atoms with Gasteiger partial charge in [-0.2, -0.15) is 0 Å². The van der Waals surface area contributed by atoms with Crippen molar-refractivity contribution in [3.05, 3.63) is 102 Å². The maximum absolute atomic E-state index is 13.5. The number of benzene rings is 3. The molecule has 0 aliphatic carbocycles. The smallest absolute Gasteiger partial charge is 0.195 e. The third-order valence-electron chi connectivity index (χ3n) is 6.67. The topological polar surface area (TPSA) is 59.6 Å². The number of aryl methyl sites for hydroxylation is 1. The van der Waals surface area contributed by atoms with Gasteiger partial charge in [0.05, 0.1) is 6.04 Å². The number of carbonyl (C=O) groups is 1. The number of aromatic nitrogens is 1. The van der Waals surface area contributed by atoms with Crippen LogP contribution in [0.4, 0.5) is 5.69 Å². The monoisotopic (exact) mass is 439 g/mol. The van der Waals surface area contributed by atoms with Gasteiger partial charge in [0.25, 0.3) is 0 Å². The van der Waals surface area contributed by atoms with E-state index >= 15 is 0 Å². The van der Waals surface area contributed by atoms with Gasteiger partial charge in [-0.1, -0.05) is 66.2 Å². The molecular formula is C28H29N3O2. The first kappa shape index (κ1) is 21.4. The van der Waals surface area contributed by atoms with Crippen LogP contribution in [-0.2, 0) is 0 Å². The number of carbonyl (C=O) groups excluding carboxylic acids is 1. The summed E-state index contributed by atoms with van der Waals surface area (Å²) in [5, 5.41) is 12.3. The summed E-state index contributed by atoms with van der Waals surface area (Å²) in [4.78, 5) is 21.3. The maximum atomic E-state index is 13.5. The Morgan fingerprint density at radius 1 is 0.879 bits per heavy atom. The van der Waals surface area contributed by atoms with Crippen LogP contribution in [0.5, 0.6) is 0 Å². The Bertz CT molecular complexity index is 1220. The molecule has 5 rings (SSSR count). The zero-order valence-corrected chi connectivity index (χ0v) is 18.8. The molecule has 0 radical (unpaired) electrons. The highest BCUT2D eigenvalue weighted by atomic mass is 16.3. The van der Waals surface area contributed by atoms with Crippen LogP contribution in [0, 0.1) is 6.92 Å². The molecule has 1 aromatic heterocycles. The largest absolute Gasteiger partial charge is 0.383 e. The lowest BCUT2D eigenvalue weighted by atomic mass is 9.92. The highest BCUT2D eigenvalue weighted by Gasteiger charge is 2.35. The van der Waals surface area contributed by atoms with Gasteiger partial charge in [0.2, 0.25) is 0 Å². The van der Waals surface area contributed by atoms with Gasteiger partial charge in [-0.15, -0.1) is 0 Å². The average Bonchev–Trinajstić information content (AvgIpc) is 3.30. The fraction of sp³-hybridized carbons (Fsp3) is 0.250. The van der Waals surface area contributed by atoms with Crippen molar-refractivity contribution < 1.29 is 9.90 Å². The molecule has 2 heterocycles. The Morgan fingerprint density at radius 3 is 2.27 bits per heavy atom. The summed E-state index contributed by atoms with van der Waals surface area (Å²) < 4.78 is 0. The maximum Gasteiger partial charge on any atom is 0.195 e. The fourth-order valence-corrected chi connectivity index (χ4v) is 4.83. The highest BCUT2D eigenvalue weighted by Crippen LogP contribution is 2.30. The molecule has 1 saturated heterocycles. The van der Waals surface area contributed by atoms with E-state index in [0.29, 0.717) is 5.56 Å². The summed E-state index contributed by atoms with van der Waals surface area (Å²) >= 11 is 0. The molecule has 1 aliphatic heterocycles. The third-order valence-corrected chi connectivity index (χ3v) is 6.67. The highest BCUT2D eigenvalue weighted by molar-refractivity contribution is 6.10. The van der Waals surface area contributed by atoms with E-state index in [2.05, 4.69) is 39.0 Å². The predicted octanol–water partition coefficient (Wildman–Crippen LogP) is 4.58. The minimum atomic E-state index is -1.16. The van der Waals surface area contributed by atoms with E-state index in [1.54, 1.807) is 6.20 Å². The van der Waals surface area contributed by atoms with Crippen molar-refractivity contribution in [2.75, 3.05) is 31.1 Å². The normalized spacial score (nSPS) is 16.6. The minimum Gasteiger partial charge on any atom is -0.383 e. The van der Waals surface area contributed by atoms with Gasteiger partial charge in [0.1, 0.15) is 6.10 Å². The summed E-state index contributed by atoms with van der Waals surface area (Å²) in [5.74, 6) is -0.247. The Morgan fingerprint density at radius 2 is 1.55 bits per heavy atom. The molecule has 0 bridgehead atoms. The van der Waals surface area contributed by atoms with Crippen molar-refractivity contribution in [2.24, 2.45) is 0 Å². The van der Waals surface area contributed by atoms with Crippen molar-refractivity contribution in [1.29, 1.82) is 0 Å². The molecule has 0 amide bonds. The van der Waals surface area contributed by atoms with E-state index in [0.717, 1.165) is 48.2 Å². The lowest BCUT2D eigenvalue weighted by molar-refractivity contribution is 0.0366. The number of nitrogens with one attached hydrogen (secondary N) is 1. The van der Waals surface area contributed by atoms with Crippen molar-refractivity contribution in [3.8, 4) is 0 Å². The molecule has 4 aromatic rings. The number of para-hydroxylation sites is 2. The third kappa shape index (κ3) is 4.30. The molecule has 2 atom stereocenters. The summed E-state index contributed by atoms with van der Waals surface area (Å²) in [6.45, 7) is 5.28. The zero-order chi connectivity index (χ0) is 22.8. The predicted molar refractivity (Wildman–Crippen MR) is 133 cm³/mol. The van der Waals surface area contributed by atoms with Crippen molar-refractivity contribution in [1.82, 2.24) is 9.88 Å². The van der Waals surface area contributed by atoms with Gasteiger partial charge < -0.3 is 15.0 Å². The Hall–Kier alpha value is -3.41. The Kier molecular flexibility index (Phi) is 5.99. The number of piperazine rings is 1. The molecule has 0 saturated carbocycles. The number of rotatable bonds is 6. The number of hydrogen-bond acceptors (Lipinski definition) is 4. The van der Waals surface area contributed by atoms with Gasteiger partial charge in [0, 0.05) is 54.5 Å². The number of anilines is 1. The summed E-state index contributed by atoms with van der Waals surface area (Å²) in [6.07, 6.45) is 0.561. The van der Waals surface area contributed by atoms with E-state index in [9.17, 15) is 9.90 Å². The lowest BCUT2D eigenvalue weighted by Crippen LogP contribution is -2.51. The molecule has 5 heteroatoms. The van der Waals surface area contributed by atoms with E-state index in [4.69, 9.17) is 0 Å². The van der Waals surface area contributed by atoms with E-state index < -0.39 is 12.1 Å². The van der Waals surface area contributed by atoms with Gasteiger partial charge >= 0.3 is 0 Å². The minimum absolute atomic E-state index is 0.247. The van der Waals surface area contributed by atoms with E-state index in [-0.39, 0.29) is 5.78 Å². The van der Waals surface area contributed by atoms with Crippen molar-refractivity contribution >= 4 is 22.4 Å². The van der Waals surface area contributed by atoms with Crippen LogP contribution in [0.1, 0.15) is 27.5 Å². The number of aliphatic hydroxyl groups is 1. The molecule has 3 aromatic carbocycles. The molecule has 2 N–H and O–H groups in total. The number of aliphatic hydroxyl groups excluding tert-OH is 1. The van der Waals surface area contributed by atoms with Crippen LogP contribution in [0.15, 0.2) is 85.1 Å². The summed E-state index contributed by atoms with van der Waals surface area (Å²) in [7, 11) is 0. The molecule has 0 unspecified atom stereocenters. The molecule has 1 fully saturated rings. The SMILES string of the molecule is Cc1ccc([C@@H]([C@H](O)C(=O)c2c[nH]c3ccccc23)N2CCN(c3ccccc3)CC2)cc1. The number of hydrogen-bond donors (Lipinski definition) is 2. The standard InChI is InChI=1S/C28H29N3O2/c1-20-11-13-21(14-12-20)26(31-17-15-30(16-18-31)22-7-3-2-4-8-22)28(33)27(32)24-19-29-25-10-6-5-9-23(24)25/h2-14,19,26,28-29,33H,15-18H2,1H3/t26-,28-/m0/s1. The molecule has 0 spiro atoms. The van der Waals surface area contributed by atoms with Gasteiger partial charge in [0.15, 0.2) is 5.78 Å². The number of aromatic amines is 1. The molecule has 33 heavy (non-hydrogen) atoms. The second kappa shape index (κ2) is 9.22. The number of Topliss-reactive ketones (excluding diaryl/α,β-unsaturated/α-hetero) is 1. The fourth-order valence-electron chi connectivity index (χ4n) is 4.83. The second-order valence-electron chi connectivity index (χ2n) is 8.77. The average molecular weight is 440 g/mol. The van der Waals surface area contributed by atoms with Crippen LogP contribution < -0.4 is 4.90 Å². The quantitative estimate of drug-likeness (QED) is 0.432. The number of nitrogens with zero attached hydrogens (tertiary/aromatic N) is 2. The Balaban J connectivity index is 1.42. The first-order valence-electron chi connectivity index (χ1n) is 11.5. The van der Waals surface area contributed by atoms with Crippen LogP contribution in [0.25, 0.3) is 10.9 Å². The first-order valence-corrected chi connectivity index (χ1v) is 11.5. The van der Waals surface area contributed by atoms with Gasteiger partial charge in [-0.3, -0.25) is 9.69 Å². The van der Waals surface area contributed by atoms with Crippen LogP contribution in [-0.4, -0.2) is 53.1 Å². The zero-order valence-electron chi connectivity index (χ0n) is 18.8. The van der Waals surface area contributed by atoms with Crippen LogP contribution in [0.3, 0.4) is 0 Å². The molecular weight excluding hydrogens is 410 g/mol. The van der Waals surface area contributed by atoms with Gasteiger partial charge in [-0.05, 0) is 30.7 Å². The summed E-state index contributed by atoms with van der Waals surface area (Å²) in [5.41, 5.74) is 4.77. The van der Waals surface area contributed by atoms with Gasteiger partial charge in [-0.25, -0.2) is 0 Å². The lowest BCUT2D eigenvalue weighted by Gasteiger charge is -2.41. The molecule has 5 nitrogen and oxygen atoms in total. The Labute approximate surface area is 194 Å². The van der Waals surface area contributed by atoms with Crippen LogP contribution >= 0.6 is 0 Å². The summed E-state index contributed by atoms with van der Waals surface area (Å²) in [6, 6.07) is 25.9. The number of H-pyrrole nitrogens is 1. The van der Waals surface area contributed by atoms with E-state index in [1.165, 1.54) is 5.69 Å². The number of ketones is 1. The van der Waals surface area contributed by atoms with E-state index in [1.807, 2.05) is 61.5 Å². The number of fused-ring (bicyclic) bond motifs is 1. The first-order chi connectivity index (χ1) is 16.1. The van der Waals surface area contributed by atoms with Crippen LogP contribution in [0.2, 0.25) is 0 Å². The van der Waals surface area contributed by atoms with Crippen molar-refractivity contribution in [3.63, 3.8) is 0 Å². The van der Waals surface area contributed by atoms with Crippen molar-refractivity contribution in [2.45, 2.75) is 19.1 Å². The molecule has 168 valence electrons. The second-order valence-corrected chi connectivity index (χ2v) is 8.77. The molecule has 1 aliphatic rings.